The van der Waals surface area contributed by atoms with E-state index in [4.69, 9.17) is 9.47 Å². The third-order valence-corrected chi connectivity index (χ3v) is 10.4. The Hall–Kier alpha value is -4.92. The van der Waals surface area contributed by atoms with E-state index in [0.717, 1.165) is 11.1 Å². The fraction of sp³-hybridized carbons (Fsp3) is 0.333. The van der Waals surface area contributed by atoms with E-state index in [0.29, 0.717) is 29.2 Å². The predicted molar refractivity (Wildman–Crippen MR) is 164 cm³/mol. The lowest BCUT2D eigenvalue weighted by molar-refractivity contribution is -0.141. The number of phenolic OH excluding ortho intramolecular Hbond substituents is 1. The van der Waals surface area contributed by atoms with Crippen molar-refractivity contribution in [3.8, 4) is 17.2 Å². The number of amides is 4. The summed E-state index contributed by atoms with van der Waals surface area (Å²) in [7, 11) is 2.95. The van der Waals surface area contributed by atoms with Gasteiger partial charge in [-0.15, -0.1) is 0 Å². The zero-order valence-electron chi connectivity index (χ0n) is 25.3. The van der Waals surface area contributed by atoms with Gasteiger partial charge in [0, 0.05) is 23.6 Å². The van der Waals surface area contributed by atoms with Gasteiger partial charge in [0.2, 0.25) is 23.6 Å². The molecule has 6 atom stereocenters. The molecule has 0 aromatic heterocycles. The van der Waals surface area contributed by atoms with E-state index < -0.39 is 35.0 Å². The number of imide groups is 2. The molecule has 3 aromatic carbocycles. The van der Waals surface area contributed by atoms with Crippen molar-refractivity contribution in [1.82, 2.24) is 4.90 Å². The molecular formula is C36H34N2O7. The first-order chi connectivity index (χ1) is 21.7. The van der Waals surface area contributed by atoms with E-state index in [-0.39, 0.29) is 42.3 Å². The molecule has 6 unspecified atom stereocenters. The molecule has 230 valence electrons. The van der Waals surface area contributed by atoms with E-state index in [1.165, 1.54) is 36.2 Å². The van der Waals surface area contributed by atoms with Gasteiger partial charge in [0.05, 0.1) is 49.6 Å². The summed E-state index contributed by atoms with van der Waals surface area (Å²) in [4.78, 5) is 59.5. The molecule has 2 aliphatic heterocycles. The van der Waals surface area contributed by atoms with Crippen LogP contribution in [0.2, 0.25) is 0 Å². The maximum Gasteiger partial charge on any atom is 0.241 e. The number of hydrogen-bond acceptors (Lipinski definition) is 7. The van der Waals surface area contributed by atoms with Gasteiger partial charge in [-0.3, -0.25) is 24.1 Å². The number of likely N-dealkylation sites (tertiary alicyclic amines) is 1. The van der Waals surface area contributed by atoms with E-state index in [9.17, 15) is 24.3 Å². The number of para-hydroxylation sites is 1. The van der Waals surface area contributed by atoms with Crippen LogP contribution in [0.4, 0.5) is 5.69 Å². The number of benzene rings is 3. The zero-order chi connectivity index (χ0) is 31.6. The van der Waals surface area contributed by atoms with Crippen LogP contribution in [-0.4, -0.2) is 47.9 Å². The first kappa shape index (κ1) is 28.8. The lowest BCUT2D eigenvalue weighted by atomic mass is 9.51. The standard InChI is InChI=1S/C36H34N2O7/c1-36-26(33(41)38(35(36)43)21-12-8-5-9-13-21)18-25-23(31(36)30-27(44-2)16-22(39)17-28(30)45-3)14-15-24-29(25)34(42)37(32(24)40)19-20-10-6-4-7-11-20/h4-14,16-17,24-26,29,31,39H,15,18-19H2,1-3H3. The van der Waals surface area contributed by atoms with Crippen molar-refractivity contribution >= 4 is 29.3 Å². The Kier molecular flexibility index (Phi) is 6.80. The van der Waals surface area contributed by atoms with Crippen LogP contribution in [-0.2, 0) is 25.7 Å². The highest BCUT2D eigenvalue weighted by atomic mass is 16.5. The van der Waals surface area contributed by atoms with Crippen molar-refractivity contribution in [2.45, 2.75) is 32.2 Å². The van der Waals surface area contributed by atoms with Crippen LogP contribution in [0.5, 0.6) is 17.2 Å². The van der Waals surface area contributed by atoms with Gasteiger partial charge in [0.1, 0.15) is 17.2 Å². The zero-order valence-corrected chi connectivity index (χ0v) is 25.3. The van der Waals surface area contributed by atoms with Crippen LogP contribution in [0.1, 0.15) is 36.8 Å². The van der Waals surface area contributed by atoms with Gasteiger partial charge >= 0.3 is 0 Å². The van der Waals surface area contributed by atoms with Gasteiger partial charge in [0.25, 0.3) is 0 Å². The highest BCUT2D eigenvalue weighted by Crippen LogP contribution is 2.65. The third kappa shape index (κ3) is 4.13. The summed E-state index contributed by atoms with van der Waals surface area (Å²) in [5, 5.41) is 10.5. The van der Waals surface area contributed by atoms with E-state index in [2.05, 4.69) is 0 Å². The fourth-order valence-electron chi connectivity index (χ4n) is 8.34. The van der Waals surface area contributed by atoms with E-state index in [1.807, 2.05) is 49.4 Å². The minimum Gasteiger partial charge on any atom is -0.508 e. The summed E-state index contributed by atoms with van der Waals surface area (Å²) in [6, 6.07) is 21.2. The summed E-state index contributed by atoms with van der Waals surface area (Å²) < 4.78 is 11.5. The molecule has 1 N–H and O–H groups in total. The predicted octanol–water partition coefficient (Wildman–Crippen LogP) is 4.84. The largest absolute Gasteiger partial charge is 0.508 e. The molecule has 9 heteroatoms. The Balaban J connectivity index is 1.39. The van der Waals surface area contributed by atoms with Crippen molar-refractivity contribution in [3.05, 3.63) is 95.6 Å². The number of carbonyl (C=O) groups excluding carboxylic acids is 4. The van der Waals surface area contributed by atoms with Gasteiger partial charge in [0.15, 0.2) is 0 Å². The molecule has 3 fully saturated rings. The minimum atomic E-state index is -1.27. The summed E-state index contributed by atoms with van der Waals surface area (Å²) in [6.45, 7) is 1.99. The molecule has 0 radical (unpaired) electrons. The number of nitrogens with zero attached hydrogens (tertiary/aromatic N) is 2. The van der Waals surface area contributed by atoms with Gasteiger partial charge in [-0.1, -0.05) is 60.2 Å². The third-order valence-electron chi connectivity index (χ3n) is 10.4. The molecule has 0 bridgehead atoms. The maximum atomic E-state index is 14.6. The topological polar surface area (TPSA) is 113 Å². The number of ether oxygens (including phenoxy) is 2. The molecule has 2 heterocycles. The lowest BCUT2D eigenvalue weighted by Gasteiger charge is -2.49. The highest BCUT2D eigenvalue weighted by molar-refractivity contribution is 6.24. The molecular weight excluding hydrogens is 572 g/mol. The normalized spacial score (nSPS) is 28.9. The number of hydrogen-bond donors (Lipinski definition) is 1. The Morgan fingerprint density at radius 1 is 0.844 bits per heavy atom. The first-order valence-electron chi connectivity index (χ1n) is 15.2. The number of allylic oxidation sites excluding steroid dienone is 2. The van der Waals surface area contributed by atoms with Crippen molar-refractivity contribution in [2.24, 2.45) is 29.1 Å². The van der Waals surface area contributed by atoms with Crippen molar-refractivity contribution in [2.75, 3.05) is 19.1 Å². The first-order valence-corrected chi connectivity index (χ1v) is 15.2. The average molecular weight is 607 g/mol. The molecule has 2 saturated heterocycles. The van der Waals surface area contributed by atoms with Crippen molar-refractivity contribution in [3.63, 3.8) is 0 Å². The minimum absolute atomic E-state index is 0.0768. The second kappa shape index (κ2) is 10.6. The number of aromatic hydroxyl groups is 1. The molecule has 0 spiro atoms. The second-order valence-electron chi connectivity index (χ2n) is 12.5. The number of carbonyl (C=O) groups is 4. The molecule has 3 aromatic rings. The number of phenols is 1. The monoisotopic (exact) mass is 606 g/mol. The van der Waals surface area contributed by atoms with Crippen LogP contribution in [0.3, 0.4) is 0 Å². The molecule has 7 rings (SSSR count). The maximum absolute atomic E-state index is 14.6. The van der Waals surface area contributed by atoms with E-state index >= 15 is 0 Å². The van der Waals surface area contributed by atoms with Crippen LogP contribution in [0, 0.1) is 29.1 Å². The number of methoxy groups -OCH3 is 2. The van der Waals surface area contributed by atoms with Gasteiger partial charge < -0.3 is 14.6 Å². The quantitative estimate of drug-likeness (QED) is 0.316. The SMILES string of the molecule is COc1cc(O)cc(OC)c1C1C2=CCC3C(=O)N(Cc4ccccc4)C(=O)C3C2CC2C(=O)N(c3ccccc3)C(=O)C21C. The molecule has 45 heavy (non-hydrogen) atoms. The fourth-order valence-corrected chi connectivity index (χ4v) is 8.34. The lowest BCUT2D eigenvalue weighted by Crippen LogP contribution is -2.49. The Morgan fingerprint density at radius 3 is 2.09 bits per heavy atom. The van der Waals surface area contributed by atoms with E-state index in [1.54, 1.807) is 24.3 Å². The Labute approximate surface area is 261 Å². The van der Waals surface area contributed by atoms with Gasteiger partial charge in [-0.05, 0) is 43.4 Å². The average Bonchev–Trinajstić information content (AvgIpc) is 3.41. The molecule has 9 nitrogen and oxygen atoms in total. The summed E-state index contributed by atoms with van der Waals surface area (Å²) in [5.41, 5.74) is 1.40. The molecule has 2 aliphatic carbocycles. The van der Waals surface area contributed by atoms with Crippen LogP contribution in [0.15, 0.2) is 84.4 Å². The van der Waals surface area contributed by atoms with Gasteiger partial charge in [-0.2, -0.15) is 0 Å². The summed E-state index contributed by atoms with van der Waals surface area (Å²) >= 11 is 0. The van der Waals surface area contributed by atoms with Gasteiger partial charge in [-0.25, -0.2) is 4.90 Å². The number of anilines is 1. The highest BCUT2D eigenvalue weighted by Gasteiger charge is 2.68. The molecule has 4 aliphatic rings. The van der Waals surface area contributed by atoms with Crippen LogP contribution < -0.4 is 14.4 Å². The smallest absolute Gasteiger partial charge is 0.241 e. The number of rotatable bonds is 6. The Morgan fingerprint density at radius 2 is 1.47 bits per heavy atom. The molecule has 1 saturated carbocycles. The van der Waals surface area contributed by atoms with Crippen molar-refractivity contribution < 1.29 is 33.8 Å². The number of fused-ring (bicyclic) bond motifs is 4. The van der Waals surface area contributed by atoms with Crippen LogP contribution in [0.25, 0.3) is 0 Å². The Bertz CT molecular complexity index is 1730. The van der Waals surface area contributed by atoms with Crippen LogP contribution >= 0.6 is 0 Å². The summed E-state index contributed by atoms with van der Waals surface area (Å²) in [5.74, 6) is -3.85. The summed E-state index contributed by atoms with van der Waals surface area (Å²) in [6.07, 6.45) is 2.56. The second-order valence-corrected chi connectivity index (χ2v) is 12.5. The molecule has 4 amide bonds. The van der Waals surface area contributed by atoms with Crippen molar-refractivity contribution in [1.29, 1.82) is 0 Å².